The van der Waals surface area contributed by atoms with E-state index in [1.807, 2.05) is 18.2 Å². The zero-order valence-corrected chi connectivity index (χ0v) is 12.4. The predicted octanol–water partition coefficient (Wildman–Crippen LogP) is 1.59. The van der Waals surface area contributed by atoms with E-state index >= 15 is 0 Å². The molecule has 0 spiro atoms. The van der Waals surface area contributed by atoms with E-state index in [9.17, 15) is 8.42 Å². The van der Waals surface area contributed by atoms with Gasteiger partial charge in [-0.3, -0.25) is 0 Å². The second kappa shape index (κ2) is 6.11. The third-order valence-corrected chi connectivity index (χ3v) is 4.53. The van der Waals surface area contributed by atoms with E-state index < -0.39 is 10.0 Å². The van der Waals surface area contributed by atoms with Crippen LogP contribution < -0.4 is 10.5 Å². The van der Waals surface area contributed by atoms with Gasteiger partial charge in [-0.1, -0.05) is 6.07 Å². The van der Waals surface area contributed by atoms with Gasteiger partial charge < -0.3 is 5.32 Å². The Morgan fingerprint density at radius 3 is 2.50 bits per heavy atom. The maximum atomic E-state index is 10.7. The molecular weight excluding hydrogens is 360 g/mol. The van der Waals surface area contributed by atoms with E-state index in [2.05, 4.69) is 37.2 Å². The fourth-order valence-electron chi connectivity index (χ4n) is 1.10. The summed E-state index contributed by atoms with van der Waals surface area (Å²) in [6.45, 7) is 0.966. The molecule has 16 heavy (non-hydrogen) atoms. The van der Waals surface area contributed by atoms with Gasteiger partial charge in [-0.25, -0.2) is 13.6 Å². The molecular formula is C9H12Br2N2O2S. The lowest BCUT2D eigenvalue weighted by atomic mass is 10.2. The van der Waals surface area contributed by atoms with Crippen LogP contribution in [-0.4, -0.2) is 20.7 Å². The molecule has 0 aliphatic heterocycles. The number of benzene rings is 1. The molecule has 1 aromatic carbocycles. The van der Waals surface area contributed by atoms with Gasteiger partial charge in [0.05, 0.1) is 5.75 Å². The Kier molecular flexibility index (Phi) is 5.39. The van der Waals surface area contributed by atoms with Crippen LogP contribution >= 0.6 is 31.9 Å². The van der Waals surface area contributed by atoms with Gasteiger partial charge >= 0.3 is 0 Å². The first-order valence-electron chi connectivity index (χ1n) is 4.53. The predicted molar refractivity (Wildman–Crippen MR) is 71.5 cm³/mol. The quantitative estimate of drug-likeness (QED) is 0.772. The van der Waals surface area contributed by atoms with Crippen molar-refractivity contribution in [1.29, 1.82) is 0 Å². The fourth-order valence-corrected chi connectivity index (χ4v) is 2.20. The molecule has 0 radical (unpaired) electrons. The summed E-state index contributed by atoms with van der Waals surface area (Å²) in [7, 11) is -3.37. The number of hydrogen-bond donors (Lipinski definition) is 2. The van der Waals surface area contributed by atoms with Crippen molar-refractivity contribution < 1.29 is 8.42 Å². The molecule has 0 unspecified atom stereocenters. The molecule has 4 nitrogen and oxygen atoms in total. The van der Waals surface area contributed by atoms with Crippen molar-refractivity contribution in [2.45, 2.75) is 6.54 Å². The highest BCUT2D eigenvalue weighted by atomic mass is 79.9. The molecule has 0 heterocycles. The Balaban J connectivity index is 2.41. The standard InChI is InChI=1S/C9H12Br2N2O2S/c10-8-2-1-7(5-9(8)11)6-13-3-4-16(12,14)15/h1-2,5,13H,3-4,6H2,(H2,12,14,15). The molecule has 0 aliphatic rings. The summed E-state index contributed by atoms with van der Waals surface area (Å²) in [5.41, 5.74) is 1.07. The molecule has 0 aromatic heterocycles. The normalized spacial score (nSPS) is 11.7. The first kappa shape index (κ1) is 14.1. The van der Waals surface area contributed by atoms with E-state index in [-0.39, 0.29) is 5.75 Å². The number of halogens is 2. The van der Waals surface area contributed by atoms with E-state index in [4.69, 9.17) is 5.14 Å². The fraction of sp³-hybridized carbons (Fsp3) is 0.333. The molecule has 7 heteroatoms. The van der Waals surface area contributed by atoms with Crippen molar-refractivity contribution in [2.75, 3.05) is 12.3 Å². The first-order chi connectivity index (χ1) is 7.38. The second-order valence-corrected chi connectivity index (χ2v) is 6.73. The van der Waals surface area contributed by atoms with Crippen LogP contribution in [0.25, 0.3) is 0 Å². The SMILES string of the molecule is NS(=O)(=O)CCNCc1ccc(Br)c(Br)c1. The van der Waals surface area contributed by atoms with E-state index in [0.717, 1.165) is 14.5 Å². The van der Waals surface area contributed by atoms with Crippen LogP contribution in [0.5, 0.6) is 0 Å². The molecule has 0 atom stereocenters. The number of sulfonamides is 1. The number of hydrogen-bond acceptors (Lipinski definition) is 3. The largest absolute Gasteiger partial charge is 0.312 e. The molecule has 0 aliphatic carbocycles. The van der Waals surface area contributed by atoms with Crippen LogP contribution in [0.2, 0.25) is 0 Å². The highest BCUT2D eigenvalue weighted by Crippen LogP contribution is 2.23. The highest BCUT2D eigenvalue weighted by Gasteiger charge is 2.02. The van der Waals surface area contributed by atoms with Crippen LogP contribution in [0.1, 0.15) is 5.56 Å². The topological polar surface area (TPSA) is 72.2 Å². The van der Waals surface area contributed by atoms with Crippen molar-refractivity contribution in [3.05, 3.63) is 32.7 Å². The van der Waals surface area contributed by atoms with E-state index in [1.54, 1.807) is 0 Å². The first-order valence-corrected chi connectivity index (χ1v) is 7.84. The van der Waals surface area contributed by atoms with Crippen molar-refractivity contribution in [3.8, 4) is 0 Å². The maximum absolute atomic E-state index is 10.7. The van der Waals surface area contributed by atoms with Gasteiger partial charge in [0.25, 0.3) is 0 Å². The molecule has 1 aromatic rings. The average molecular weight is 372 g/mol. The average Bonchev–Trinajstić information content (AvgIpc) is 2.17. The van der Waals surface area contributed by atoms with Crippen molar-refractivity contribution in [1.82, 2.24) is 5.32 Å². The Bertz CT molecular complexity index is 463. The summed E-state index contributed by atoms with van der Waals surface area (Å²) in [6.07, 6.45) is 0. The zero-order chi connectivity index (χ0) is 12.2. The number of nitrogens with one attached hydrogen (secondary N) is 1. The van der Waals surface area contributed by atoms with Crippen LogP contribution in [0.3, 0.4) is 0 Å². The Morgan fingerprint density at radius 2 is 1.94 bits per heavy atom. The van der Waals surface area contributed by atoms with Gasteiger partial charge in [-0.05, 0) is 49.6 Å². The van der Waals surface area contributed by atoms with Gasteiger partial charge in [-0.15, -0.1) is 0 Å². The van der Waals surface area contributed by atoms with Crippen molar-refractivity contribution >= 4 is 41.9 Å². The molecule has 0 saturated heterocycles. The smallest absolute Gasteiger partial charge is 0.210 e. The van der Waals surface area contributed by atoms with Crippen molar-refractivity contribution in [3.63, 3.8) is 0 Å². The van der Waals surface area contributed by atoms with Crippen molar-refractivity contribution in [2.24, 2.45) is 5.14 Å². The molecule has 0 amide bonds. The molecule has 0 fully saturated rings. The Hall–Kier alpha value is 0.0500. The Morgan fingerprint density at radius 1 is 1.25 bits per heavy atom. The van der Waals surface area contributed by atoms with E-state index in [0.29, 0.717) is 13.1 Å². The van der Waals surface area contributed by atoms with Gasteiger partial charge in [0.15, 0.2) is 0 Å². The lowest BCUT2D eigenvalue weighted by Crippen LogP contribution is -2.26. The minimum Gasteiger partial charge on any atom is -0.312 e. The molecule has 0 bridgehead atoms. The van der Waals surface area contributed by atoms with E-state index in [1.165, 1.54) is 0 Å². The summed E-state index contributed by atoms with van der Waals surface area (Å²) in [6, 6.07) is 5.85. The summed E-state index contributed by atoms with van der Waals surface area (Å²) in [5, 5.41) is 7.89. The lowest BCUT2D eigenvalue weighted by Gasteiger charge is -2.05. The van der Waals surface area contributed by atoms with Gasteiger partial charge in [0.2, 0.25) is 10.0 Å². The molecule has 0 saturated carbocycles. The van der Waals surface area contributed by atoms with Crippen LogP contribution in [0.15, 0.2) is 27.1 Å². The minimum absolute atomic E-state index is 0.0509. The van der Waals surface area contributed by atoms with Gasteiger partial charge in [0, 0.05) is 22.0 Å². The van der Waals surface area contributed by atoms with Gasteiger partial charge in [0.1, 0.15) is 0 Å². The second-order valence-electron chi connectivity index (χ2n) is 3.29. The minimum atomic E-state index is -3.37. The lowest BCUT2D eigenvalue weighted by molar-refractivity contribution is 0.592. The summed E-state index contributed by atoms with van der Waals surface area (Å²) in [4.78, 5) is 0. The monoisotopic (exact) mass is 370 g/mol. The molecule has 1 rings (SSSR count). The summed E-state index contributed by atoms with van der Waals surface area (Å²) < 4.78 is 23.3. The maximum Gasteiger partial charge on any atom is 0.210 e. The van der Waals surface area contributed by atoms with Crippen LogP contribution in [0, 0.1) is 0 Å². The third kappa shape index (κ3) is 5.40. The number of primary sulfonamides is 1. The highest BCUT2D eigenvalue weighted by molar-refractivity contribution is 9.13. The van der Waals surface area contributed by atoms with Crippen LogP contribution in [-0.2, 0) is 16.6 Å². The Labute approximate surface area is 112 Å². The van der Waals surface area contributed by atoms with Gasteiger partial charge in [-0.2, -0.15) is 0 Å². The van der Waals surface area contributed by atoms with Crippen LogP contribution in [0.4, 0.5) is 0 Å². The third-order valence-electron chi connectivity index (χ3n) is 1.88. The number of nitrogens with two attached hydrogens (primary N) is 1. The zero-order valence-electron chi connectivity index (χ0n) is 8.41. The summed E-state index contributed by atoms with van der Waals surface area (Å²) in [5.74, 6) is -0.0509. The summed E-state index contributed by atoms with van der Waals surface area (Å²) >= 11 is 6.77. The number of rotatable bonds is 5. The molecule has 90 valence electrons. The molecule has 3 N–H and O–H groups in total.